The molecule has 0 aliphatic heterocycles. The molecule has 0 aliphatic rings. The molecule has 0 rings (SSSR count). The standard InChI is InChI=1S/C40H72N4O13/c1-32(35(46)29-41)43-38(49)31-57-28-26-55-24-22-42-37(48)30-56-27-25-54-23-16-17-33(45)20-21-34(40(52)53)44-36(47)18-14-12-10-8-6-4-2-3-5-7-9-11-13-15-19-39(50)51/h32,34H,2-31,41H2,1H3,(H,42,48)(H,43,49)(H,44,47)(H,50,51)(H,52,53)/t32-,34-/m0/s1. The van der Waals surface area contributed by atoms with Crippen molar-refractivity contribution in [3.05, 3.63) is 0 Å². The van der Waals surface area contributed by atoms with E-state index in [0.717, 1.165) is 38.5 Å². The van der Waals surface area contributed by atoms with Gasteiger partial charge in [-0.3, -0.25) is 28.8 Å². The van der Waals surface area contributed by atoms with Crippen LogP contribution in [0, 0.1) is 0 Å². The number of carbonyl (C=O) groups excluding carboxylic acids is 5. The van der Waals surface area contributed by atoms with Crippen LogP contribution in [0.4, 0.5) is 0 Å². The van der Waals surface area contributed by atoms with Gasteiger partial charge in [0.25, 0.3) is 0 Å². The number of carboxylic acids is 2. The molecule has 7 N–H and O–H groups in total. The van der Waals surface area contributed by atoms with Crippen LogP contribution in [0.15, 0.2) is 0 Å². The second-order valence-electron chi connectivity index (χ2n) is 14.1. The van der Waals surface area contributed by atoms with Gasteiger partial charge in [-0.1, -0.05) is 77.0 Å². The van der Waals surface area contributed by atoms with Crippen molar-refractivity contribution in [3.8, 4) is 0 Å². The molecular weight excluding hydrogens is 744 g/mol. The monoisotopic (exact) mass is 817 g/mol. The minimum Gasteiger partial charge on any atom is -0.481 e. The number of carboxylic acid groups (broad SMARTS) is 2. The Bertz CT molecular complexity index is 1130. The third kappa shape index (κ3) is 36.6. The maximum atomic E-state index is 12.3. The van der Waals surface area contributed by atoms with Gasteiger partial charge in [-0.25, -0.2) is 4.79 Å². The molecule has 0 bridgehead atoms. The molecule has 0 radical (unpaired) electrons. The van der Waals surface area contributed by atoms with E-state index in [1.165, 1.54) is 44.9 Å². The lowest BCUT2D eigenvalue weighted by molar-refractivity contribution is -0.142. The van der Waals surface area contributed by atoms with Gasteiger partial charge in [-0.15, -0.1) is 0 Å². The fourth-order valence-electron chi connectivity index (χ4n) is 5.63. The van der Waals surface area contributed by atoms with Crippen molar-refractivity contribution in [1.82, 2.24) is 16.0 Å². The van der Waals surface area contributed by atoms with E-state index in [1.807, 2.05) is 0 Å². The molecule has 0 fully saturated rings. The molecule has 330 valence electrons. The van der Waals surface area contributed by atoms with E-state index >= 15 is 0 Å². The highest BCUT2D eigenvalue weighted by Gasteiger charge is 2.21. The number of ether oxygens (including phenoxy) is 4. The summed E-state index contributed by atoms with van der Waals surface area (Å²) in [6.45, 7) is 2.62. The second kappa shape index (κ2) is 38.0. The van der Waals surface area contributed by atoms with Crippen molar-refractivity contribution < 1.29 is 62.7 Å². The van der Waals surface area contributed by atoms with E-state index in [-0.39, 0.29) is 115 Å². The lowest BCUT2D eigenvalue weighted by Crippen LogP contribution is -2.42. The Labute approximate surface area is 338 Å². The number of unbranched alkanes of at least 4 members (excludes halogenated alkanes) is 13. The highest BCUT2D eigenvalue weighted by atomic mass is 16.5. The predicted octanol–water partition coefficient (Wildman–Crippen LogP) is 3.23. The molecule has 3 amide bonds. The van der Waals surface area contributed by atoms with Gasteiger partial charge in [0.1, 0.15) is 25.0 Å². The predicted molar refractivity (Wildman–Crippen MR) is 213 cm³/mol. The third-order valence-electron chi connectivity index (χ3n) is 8.97. The SMILES string of the molecule is C[C@H](NC(=O)COCCOCCNC(=O)COCCOCCCC(=O)CC[C@H](NC(=O)CCCCCCCCCCCCCCCCC(=O)O)C(=O)O)C(=O)CN. The molecule has 0 saturated heterocycles. The minimum absolute atomic E-state index is 0.0324. The molecule has 0 aromatic heterocycles. The fourth-order valence-corrected chi connectivity index (χ4v) is 5.63. The van der Waals surface area contributed by atoms with Gasteiger partial charge in [0.05, 0.1) is 45.6 Å². The van der Waals surface area contributed by atoms with Crippen LogP contribution in [-0.2, 0) is 52.5 Å². The van der Waals surface area contributed by atoms with Crippen molar-refractivity contribution in [1.29, 1.82) is 0 Å². The lowest BCUT2D eigenvalue weighted by atomic mass is 10.0. The summed E-state index contributed by atoms with van der Waals surface area (Å²) in [5.41, 5.74) is 5.24. The molecule has 0 spiro atoms. The summed E-state index contributed by atoms with van der Waals surface area (Å²) >= 11 is 0. The lowest BCUT2D eigenvalue weighted by Gasteiger charge is -2.14. The van der Waals surface area contributed by atoms with Gasteiger partial charge < -0.3 is 50.8 Å². The van der Waals surface area contributed by atoms with E-state index in [9.17, 15) is 38.7 Å². The van der Waals surface area contributed by atoms with Crippen LogP contribution in [0.2, 0.25) is 0 Å². The Hall–Kier alpha value is -3.51. The van der Waals surface area contributed by atoms with E-state index in [4.69, 9.17) is 29.8 Å². The molecule has 0 aromatic carbocycles. The third-order valence-corrected chi connectivity index (χ3v) is 8.97. The first-order chi connectivity index (χ1) is 27.5. The van der Waals surface area contributed by atoms with Gasteiger partial charge >= 0.3 is 11.9 Å². The van der Waals surface area contributed by atoms with Gasteiger partial charge in [0.2, 0.25) is 17.7 Å². The number of Topliss-reactive ketones (excluding diaryl/α,β-unsaturated/α-hetero) is 2. The van der Waals surface area contributed by atoms with Crippen molar-refractivity contribution in [2.24, 2.45) is 5.73 Å². The van der Waals surface area contributed by atoms with Crippen molar-refractivity contribution >= 4 is 41.2 Å². The Morgan fingerprint density at radius 1 is 0.526 bits per heavy atom. The van der Waals surface area contributed by atoms with Gasteiger partial charge in [0, 0.05) is 38.8 Å². The van der Waals surface area contributed by atoms with Crippen LogP contribution in [0.5, 0.6) is 0 Å². The van der Waals surface area contributed by atoms with Crippen LogP contribution in [0.1, 0.15) is 135 Å². The van der Waals surface area contributed by atoms with Gasteiger partial charge in [-0.05, 0) is 32.6 Å². The van der Waals surface area contributed by atoms with Gasteiger partial charge in [-0.2, -0.15) is 0 Å². The summed E-state index contributed by atoms with van der Waals surface area (Å²) in [6, 6.07) is -1.77. The summed E-state index contributed by atoms with van der Waals surface area (Å²) in [5.74, 6) is -3.33. The first-order valence-electron chi connectivity index (χ1n) is 20.8. The normalized spacial score (nSPS) is 12.1. The Kier molecular flexibility index (Phi) is 35.7. The number of nitrogens with one attached hydrogen (secondary N) is 3. The van der Waals surface area contributed by atoms with Crippen LogP contribution < -0.4 is 21.7 Å². The second-order valence-corrected chi connectivity index (χ2v) is 14.1. The van der Waals surface area contributed by atoms with Crippen LogP contribution in [0.25, 0.3) is 0 Å². The zero-order valence-electron chi connectivity index (χ0n) is 34.3. The number of carbonyl (C=O) groups is 7. The number of amides is 3. The summed E-state index contributed by atoms with van der Waals surface area (Å²) in [4.78, 5) is 81.6. The zero-order chi connectivity index (χ0) is 42.4. The highest BCUT2D eigenvalue weighted by Crippen LogP contribution is 2.14. The zero-order valence-corrected chi connectivity index (χ0v) is 34.3. The Balaban J connectivity index is 3.68. The summed E-state index contributed by atoms with van der Waals surface area (Å²) < 4.78 is 21.2. The number of hydrogen-bond acceptors (Lipinski definition) is 12. The quantitative estimate of drug-likeness (QED) is 0.0484. The van der Waals surface area contributed by atoms with E-state index in [1.54, 1.807) is 6.92 Å². The van der Waals surface area contributed by atoms with Crippen molar-refractivity contribution in [3.63, 3.8) is 0 Å². The average Bonchev–Trinajstić information content (AvgIpc) is 3.17. The fraction of sp³-hybridized carbons (Fsp3) is 0.825. The Morgan fingerprint density at radius 2 is 1.02 bits per heavy atom. The van der Waals surface area contributed by atoms with Crippen LogP contribution in [-0.4, -0.2) is 129 Å². The molecule has 0 aromatic rings. The summed E-state index contributed by atoms with van der Waals surface area (Å²) in [6.07, 6.45) is 16.4. The molecule has 17 nitrogen and oxygen atoms in total. The molecule has 0 unspecified atom stereocenters. The molecular formula is C40H72N4O13. The summed E-state index contributed by atoms with van der Waals surface area (Å²) in [5, 5.41) is 25.8. The minimum atomic E-state index is -1.16. The maximum Gasteiger partial charge on any atom is 0.326 e. The van der Waals surface area contributed by atoms with Crippen LogP contribution in [0.3, 0.4) is 0 Å². The molecule has 0 aliphatic carbocycles. The number of aliphatic carboxylic acids is 2. The van der Waals surface area contributed by atoms with Crippen LogP contribution >= 0.6 is 0 Å². The smallest absolute Gasteiger partial charge is 0.326 e. The van der Waals surface area contributed by atoms with E-state index in [2.05, 4.69) is 16.0 Å². The molecule has 0 heterocycles. The molecule has 17 heteroatoms. The Morgan fingerprint density at radius 3 is 1.54 bits per heavy atom. The first kappa shape index (κ1) is 53.5. The number of hydrogen-bond donors (Lipinski definition) is 6. The largest absolute Gasteiger partial charge is 0.481 e. The molecule has 0 saturated carbocycles. The average molecular weight is 817 g/mol. The summed E-state index contributed by atoms with van der Waals surface area (Å²) in [7, 11) is 0. The van der Waals surface area contributed by atoms with E-state index in [0.29, 0.717) is 19.4 Å². The topological polar surface area (TPSA) is 259 Å². The first-order valence-corrected chi connectivity index (χ1v) is 20.8. The van der Waals surface area contributed by atoms with E-state index < -0.39 is 29.9 Å². The number of rotatable bonds is 42. The maximum absolute atomic E-state index is 12.3. The molecule has 57 heavy (non-hydrogen) atoms. The van der Waals surface area contributed by atoms with Crippen molar-refractivity contribution in [2.75, 3.05) is 65.9 Å². The van der Waals surface area contributed by atoms with Crippen molar-refractivity contribution in [2.45, 2.75) is 147 Å². The highest BCUT2D eigenvalue weighted by molar-refractivity contribution is 5.90. The molecule has 2 atom stereocenters. The number of nitrogens with two attached hydrogens (primary N) is 1. The number of ketones is 2. The van der Waals surface area contributed by atoms with Gasteiger partial charge in [0.15, 0.2) is 5.78 Å².